The van der Waals surface area contributed by atoms with Crippen LogP contribution in [0.4, 0.5) is 0 Å². The Hall–Kier alpha value is -3.72. The molecule has 188 valence electrons. The molecular formula is C26H33N2O7+. The number of aliphatic hydroxyl groups excluding tert-OH is 1. The standard InChI is InChI=1S/C26H32N2O7/c1-15-12-17(32-4)8-9-18(15)23(29)21-22(28(11-10-27(2)3)26(31)24(21)30)16-13-19(33-5)25(35-7)20(14-16)34-6/h8-9,12-14,22,29H,10-11H2,1-7H3/p+1/b23-21+/t22-/m0/s1. The van der Waals surface area contributed by atoms with Crippen molar-refractivity contribution in [1.29, 1.82) is 0 Å². The molecule has 2 N–H and O–H groups in total. The number of aryl methyl sites for hydroxylation is 1. The molecule has 2 aromatic carbocycles. The number of quaternary nitrogens is 1. The minimum absolute atomic E-state index is 0.00583. The summed E-state index contributed by atoms with van der Waals surface area (Å²) < 4.78 is 21.7. The molecule has 1 atom stereocenters. The largest absolute Gasteiger partial charge is 0.507 e. The van der Waals surface area contributed by atoms with Crippen LogP contribution in [0.25, 0.3) is 5.76 Å². The third kappa shape index (κ3) is 4.90. The summed E-state index contributed by atoms with van der Waals surface area (Å²) >= 11 is 0. The van der Waals surface area contributed by atoms with Crippen LogP contribution in [0.2, 0.25) is 0 Å². The molecule has 1 amide bonds. The van der Waals surface area contributed by atoms with Gasteiger partial charge in [0.05, 0.1) is 67.2 Å². The number of likely N-dealkylation sites (tertiary alicyclic amines) is 1. The molecule has 0 spiro atoms. The minimum atomic E-state index is -0.843. The third-order valence-electron chi connectivity index (χ3n) is 6.08. The Bertz CT molecular complexity index is 1130. The number of aliphatic hydroxyl groups is 1. The third-order valence-corrected chi connectivity index (χ3v) is 6.08. The Morgan fingerprint density at radius 1 is 0.971 bits per heavy atom. The molecule has 1 heterocycles. The van der Waals surface area contributed by atoms with Crippen molar-refractivity contribution in [2.45, 2.75) is 13.0 Å². The fraction of sp³-hybridized carbons (Fsp3) is 0.385. The first-order valence-electron chi connectivity index (χ1n) is 11.2. The van der Waals surface area contributed by atoms with Gasteiger partial charge in [0, 0.05) is 5.56 Å². The Labute approximate surface area is 205 Å². The van der Waals surface area contributed by atoms with Crippen molar-refractivity contribution in [1.82, 2.24) is 4.90 Å². The van der Waals surface area contributed by atoms with Crippen molar-refractivity contribution in [3.05, 3.63) is 52.6 Å². The summed E-state index contributed by atoms with van der Waals surface area (Å²) in [6, 6.07) is 7.68. The maximum absolute atomic E-state index is 13.3. The fourth-order valence-electron chi connectivity index (χ4n) is 4.23. The first-order chi connectivity index (χ1) is 16.7. The number of benzene rings is 2. The van der Waals surface area contributed by atoms with Gasteiger partial charge in [0.15, 0.2) is 11.5 Å². The molecule has 0 bridgehead atoms. The van der Waals surface area contributed by atoms with E-state index in [-0.39, 0.29) is 11.3 Å². The number of hydrogen-bond donors (Lipinski definition) is 2. The van der Waals surface area contributed by atoms with Crippen LogP contribution < -0.4 is 23.8 Å². The van der Waals surface area contributed by atoms with Gasteiger partial charge in [0.1, 0.15) is 11.5 Å². The van der Waals surface area contributed by atoms with Crippen molar-refractivity contribution in [2.24, 2.45) is 0 Å². The van der Waals surface area contributed by atoms with E-state index >= 15 is 0 Å². The van der Waals surface area contributed by atoms with Crippen molar-refractivity contribution in [2.75, 3.05) is 55.6 Å². The predicted molar refractivity (Wildman–Crippen MR) is 131 cm³/mol. The van der Waals surface area contributed by atoms with E-state index in [1.807, 2.05) is 14.1 Å². The van der Waals surface area contributed by atoms with E-state index in [4.69, 9.17) is 18.9 Å². The number of carbonyl (C=O) groups is 2. The summed E-state index contributed by atoms with van der Waals surface area (Å²) in [5.41, 5.74) is 1.71. The van der Waals surface area contributed by atoms with Gasteiger partial charge in [-0.25, -0.2) is 0 Å². The number of carbonyl (C=O) groups excluding carboxylic acids is 2. The summed E-state index contributed by atoms with van der Waals surface area (Å²) in [7, 11) is 9.97. The highest BCUT2D eigenvalue weighted by Crippen LogP contribution is 2.45. The van der Waals surface area contributed by atoms with Gasteiger partial charge in [-0.2, -0.15) is 0 Å². The number of hydrogen-bond acceptors (Lipinski definition) is 7. The molecule has 1 aliphatic rings. The highest BCUT2D eigenvalue weighted by molar-refractivity contribution is 6.46. The molecule has 0 radical (unpaired) electrons. The molecule has 1 saturated heterocycles. The van der Waals surface area contributed by atoms with Gasteiger partial charge in [-0.05, 0) is 48.4 Å². The number of ether oxygens (including phenoxy) is 4. The fourth-order valence-corrected chi connectivity index (χ4v) is 4.23. The molecule has 0 aliphatic carbocycles. The van der Waals surface area contributed by atoms with E-state index in [9.17, 15) is 14.7 Å². The van der Waals surface area contributed by atoms with Gasteiger partial charge in [0.25, 0.3) is 11.7 Å². The summed E-state index contributed by atoms with van der Waals surface area (Å²) in [5.74, 6) is 0.108. The van der Waals surface area contributed by atoms with E-state index in [0.717, 1.165) is 4.90 Å². The monoisotopic (exact) mass is 485 g/mol. The molecule has 1 aliphatic heterocycles. The normalized spacial score (nSPS) is 17.1. The van der Waals surface area contributed by atoms with Gasteiger partial charge in [-0.15, -0.1) is 0 Å². The van der Waals surface area contributed by atoms with Crippen LogP contribution in [0.3, 0.4) is 0 Å². The zero-order valence-corrected chi connectivity index (χ0v) is 21.2. The molecule has 9 heteroatoms. The van der Waals surface area contributed by atoms with E-state index < -0.39 is 17.7 Å². The average Bonchev–Trinajstić information content (AvgIpc) is 3.10. The number of methoxy groups -OCH3 is 4. The second-order valence-corrected chi connectivity index (χ2v) is 8.59. The predicted octanol–water partition coefficient (Wildman–Crippen LogP) is 1.60. The Morgan fingerprint density at radius 2 is 1.60 bits per heavy atom. The van der Waals surface area contributed by atoms with Crippen LogP contribution in [-0.2, 0) is 9.59 Å². The SMILES string of the molecule is COc1ccc(/C(O)=C2\C(=O)C(=O)N(CC[NH+](C)C)[C@H]2c2cc(OC)c(OC)c(OC)c2)c(C)c1. The topological polar surface area (TPSA) is 99.0 Å². The van der Waals surface area contributed by atoms with Crippen LogP contribution >= 0.6 is 0 Å². The highest BCUT2D eigenvalue weighted by Gasteiger charge is 2.46. The molecular weight excluding hydrogens is 452 g/mol. The van der Waals surface area contributed by atoms with E-state index in [2.05, 4.69) is 0 Å². The minimum Gasteiger partial charge on any atom is -0.507 e. The summed E-state index contributed by atoms with van der Waals surface area (Å²) in [6.07, 6.45) is 0. The Kier molecular flexibility index (Phi) is 7.91. The lowest BCUT2D eigenvalue weighted by Crippen LogP contribution is -3.06. The van der Waals surface area contributed by atoms with Crippen molar-refractivity contribution in [3.63, 3.8) is 0 Å². The maximum atomic E-state index is 13.3. The van der Waals surface area contributed by atoms with E-state index in [0.29, 0.717) is 52.8 Å². The zero-order chi connectivity index (χ0) is 25.9. The van der Waals surface area contributed by atoms with Crippen molar-refractivity contribution in [3.8, 4) is 23.0 Å². The van der Waals surface area contributed by atoms with E-state index in [1.165, 1.54) is 26.2 Å². The van der Waals surface area contributed by atoms with Crippen LogP contribution in [-0.4, -0.2) is 77.3 Å². The second kappa shape index (κ2) is 10.7. The quantitative estimate of drug-likeness (QED) is 0.316. The molecule has 35 heavy (non-hydrogen) atoms. The first kappa shape index (κ1) is 25.9. The van der Waals surface area contributed by atoms with Crippen LogP contribution in [0.15, 0.2) is 35.9 Å². The number of nitrogens with one attached hydrogen (secondary N) is 1. The van der Waals surface area contributed by atoms with Gasteiger partial charge in [-0.3, -0.25) is 9.59 Å². The number of nitrogens with zero attached hydrogens (tertiary/aromatic N) is 1. The van der Waals surface area contributed by atoms with Crippen molar-refractivity contribution < 1.29 is 38.5 Å². The summed E-state index contributed by atoms with van der Waals surface area (Å²) in [4.78, 5) is 29.1. The lowest BCUT2D eigenvalue weighted by molar-refractivity contribution is -0.857. The van der Waals surface area contributed by atoms with Crippen molar-refractivity contribution >= 4 is 17.4 Å². The molecule has 3 rings (SSSR count). The highest BCUT2D eigenvalue weighted by atomic mass is 16.5. The van der Waals surface area contributed by atoms with Crippen LogP contribution in [0.1, 0.15) is 22.7 Å². The number of amides is 1. The molecule has 0 unspecified atom stereocenters. The Balaban J connectivity index is 2.27. The average molecular weight is 486 g/mol. The number of likely N-dealkylation sites (N-methyl/N-ethyl adjacent to an activating group) is 1. The van der Waals surface area contributed by atoms with Gasteiger partial charge >= 0.3 is 0 Å². The first-order valence-corrected chi connectivity index (χ1v) is 11.2. The summed E-state index contributed by atoms with van der Waals surface area (Å²) in [5, 5.41) is 11.4. The van der Waals surface area contributed by atoms with Gasteiger partial charge in [-0.1, -0.05) is 0 Å². The number of rotatable bonds is 9. The van der Waals surface area contributed by atoms with E-state index in [1.54, 1.807) is 44.4 Å². The number of ketones is 1. The second-order valence-electron chi connectivity index (χ2n) is 8.59. The lowest BCUT2D eigenvalue weighted by atomic mass is 9.93. The van der Waals surface area contributed by atoms with Gasteiger partial charge < -0.3 is 33.9 Å². The summed E-state index contributed by atoms with van der Waals surface area (Å²) in [6.45, 7) is 2.72. The van der Waals surface area contributed by atoms with Crippen LogP contribution in [0, 0.1) is 6.92 Å². The van der Waals surface area contributed by atoms with Gasteiger partial charge in [0.2, 0.25) is 5.75 Å². The maximum Gasteiger partial charge on any atom is 0.295 e. The smallest absolute Gasteiger partial charge is 0.295 e. The molecule has 0 saturated carbocycles. The number of Topliss-reactive ketones (excluding diaryl/α,β-unsaturated/α-hetero) is 1. The molecule has 1 fully saturated rings. The molecule has 9 nitrogen and oxygen atoms in total. The molecule has 0 aromatic heterocycles. The Morgan fingerprint density at radius 3 is 2.09 bits per heavy atom. The zero-order valence-electron chi connectivity index (χ0n) is 21.2. The molecule has 2 aromatic rings. The van der Waals surface area contributed by atoms with Crippen LogP contribution in [0.5, 0.6) is 23.0 Å². The lowest BCUT2D eigenvalue weighted by Gasteiger charge is -2.27.